The third kappa shape index (κ3) is 2.43. The SMILES string of the molecule is OC(CBr)C(O)c1c(F)c(F)c(F)c(F)c1F. The minimum absolute atomic E-state index is 0.298. The van der Waals surface area contributed by atoms with Gasteiger partial charge in [0.2, 0.25) is 5.82 Å². The maximum atomic E-state index is 13.1. The van der Waals surface area contributed by atoms with E-state index in [4.69, 9.17) is 5.11 Å². The molecule has 0 bridgehead atoms. The van der Waals surface area contributed by atoms with Crippen LogP contribution in [0.1, 0.15) is 11.7 Å². The zero-order chi connectivity index (χ0) is 13.3. The molecule has 0 aromatic heterocycles. The number of benzene rings is 1. The van der Waals surface area contributed by atoms with Gasteiger partial charge in [0.1, 0.15) is 6.10 Å². The van der Waals surface area contributed by atoms with E-state index in [2.05, 4.69) is 15.9 Å². The summed E-state index contributed by atoms with van der Waals surface area (Å²) in [6.07, 6.45) is -3.93. The summed E-state index contributed by atoms with van der Waals surface area (Å²) < 4.78 is 64.5. The molecule has 0 amide bonds. The number of alkyl halides is 1. The highest BCUT2D eigenvalue weighted by Crippen LogP contribution is 2.29. The summed E-state index contributed by atoms with van der Waals surface area (Å²) in [5.41, 5.74) is -1.45. The van der Waals surface area contributed by atoms with E-state index in [1.165, 1.54) is 0 Å². The van der Waals surface area contributed by atoms with E-state index in [1.54, 1.807) is 0 Å². The van der Waals surface area contributed by atoms with Crippen molar-refractivity contribution in [2.24, 2.45) is 0 Å². The van der Waals surface area contributed by atoms with E-state index < -0.39 is 46.9 Å². The summed E-state index contributed by atoms with van der Waals surface area (Å²) in [4.78, 5) is 0. The highest BCUT2D eigenvalue weighted by atomic mass is 79.9. The van der Waals surface area contributed by atoms with Crippen molar-refractivity contribution in [2.75, 3.05) is 5.33 Å². The molecule has 1 rings (SSSR count). The topological polar surface area (TPSA) is 40.5 Å². The molecule has 0 aliphatic carbocycles. The predicted molar refractivity (Wildman–Crippen MR) is 51.0 cm³/mol. The van der Waals surface area contributed by atoms with Gasteiger partial charge in [-0.25, -0.2) is 22.0 Å². The van der Waals surface area contributed by atoms with Gasteiger partial charge in [-0.3, -0.25) is 0 Å². The molecule has 8 heteroatoms. The van der Waals surface area contributed by atoms with Crippen molar-refractivity contribution < 1.29 is 32.2 Å². The van der Waals surface area contributed by atoms with Crippen LogP contribution in [0.15, 0.2) is 0 Å². The van der Waals surface area contributed by atoms with Crippen molar-refractivity contribution in [1.29, 1.82) is 0 Å². The molecule has 2 atom stereocenters. The molecule has 2 unspecified atom stereocenters. The second-order valence-electron chi connectivity index (χ2n) is 3.15. The van der Waals surface area contributed by atoms with Gasteiger partial charge < -0.3 is 10.2 Å². The first kappa shape index (κ1) is 14.3. The largest absolute Gasteiger partial charge is 0.389 e. The van der Waals surface area contributed by atoms with Gasteiger partial charge in [0.25, 0.3) is 0 Å². The Morgan fingerprint density at radius 1 is 0.824 bits per heavy atom. The summed E-state index contributed by atoms with van der Waals surface area (Å²) in [6, 6.07) is 0. The molecule has 2 N–H and O–H groups in total. The van der Waals surface area contributed by atoms with Gasteiger partial charge in [-0.2, -0.15) is 0 Å². The fraction of sp³-hybridized carbons (Fsp3) is 0.333. The maximum Gasteiger partial charge on any atom is 0.200 e. The lowest BCUT2D eigenvalue weighted by molar-refractivity contribution is 0.0283. The van der Waals surface area contributed by atoms with E-state index in [0.29, 0.717) is 0 Å². The summed E-state index contributed by atoms with van der Waals surface area (Å²) in [5.74, 6) is -11.0. The van der Waals surface area contributed by atoms with Crippen LogP contribution in [-0.4, -0.2) is 21.6 Å². The lowest BCUT2D eigenvalue weighted by Gasteiger charge is -2.17. The van der Waals surface area contributed by atoms with Crippen LogP contribution in [0.4, 0.5) is 22.0 Å². The summed E-state index contributed by atoms with van der Waals surface area (Å²) >= 11 is 2.70. The maximum absolute atomic E-state index is 13.1. The molecule has 0 heterocycles. The molecule has 17 heavy (non-hydrogen) atoms. The van der Waals surface area contributed by atoms with Crippen LogP contribution in [0.25, 0.3) is 0 Å². The Labute approximate surface area is 101 Å². The van der Waals surface area contributed by atoms with Gasteiger partial charge in [0, 0.05) is 5.33 Å². The number of aliphatic hydroxyl groups excluding tert-OH is 2. The Morgan fingerprint density at radius 3 is 1.53 bits per heavy atom. The van der Waals surface area contributed by atoms with E-state index in [0.717, 1.165) is 0 Å². The highest BCUT2D eigenvalue weighted by Gasteiger charge is 2.32. The number of halogens is 6. The molecule has 0 aliphatic rings. The minimum Gasteiger partial charge on any atom is -0.389 e. The van der Waals surface area contributed by atoms with Gasteiger partial charge in [-0.15, -0.1) is 0 Å². The first-order valence-corrected chi connectivity index (χ1v) is 5.38. The van der Waals surface area contributed by atoms with E-state index in [1.807, 2.05) is 0 Å². The highest BCUT2D eigenvalue weighted by molar-refractivity contribution is 9.09. The first-order valence-electron chi connectivity index (χ1n) is 4.26. The average molecular weight is 321 g/mol. The van der Waals surface area contributed by atoms with Crippen LogP contribution in [0.3, 0.4) is 0 Å². The van der Waals surface area contributed by atoms with Crippen molar-refractivity contribution >= 4 is 15.9 Å². The Hall–Kier alpha value is -0.730. The molecule has 0 spiro atoms. The van der Waals surface area contributed by atoms with Crippen LogP contribution < -0.4 is 0 Å². The fourth-order valence-corrected chi connectivity index (χ4v) is 1.51. The minimum atomic E-state index is -2.32. The standard InChI is InChI=1S/C9H6BrF5O2/c10-1-2(16)9(17)3-4(11)6(13)8(15)7(14)5(3)12/h2,9,16-17H,1H2. The van der Waals surface area contributed by atoms with E-state index in [9.17, 15) is 27.1 Å². The first-order chi connectivity index (χ1) is 7.82. The lowest BCUT2D eigenvalue weighted by Crippen LogP contribution is -2.23. The normalized spacial score (nSPS) is 14.8. The van der Waals surface area contributed by atoms with Crippen LogP contribution in [0.5, 0.6) is 0 Å². The Bertz CT molecular complexity index is 411. The molecule has 0 radical (unpaired) electrons. The quantitative estimate of drug-likeness (QED) is 0.388. The molecule has 96 valence electrons. The smallest absolute Gasteiger partial charge is 0.200 e. The van der Waals surface area contributed by atoms with Crippen molar-refractivity contribution in [2.45, 2.75) is 12.2 Å². The second-order valence-corrected chi connectivity index (χ2v) is 3.80. The van der Waals surface area contributed by atoms with Gasteiger partial charge in [-0.05, 0) is 0 Å². The number of hydrogen-bond acceptors (Lipinski definition) is 2. The van der Waals surface area contributed by atoms with E-state index in [-0.39, 0.29) is 5.33 Å². The van der Waals surface area contributed by atoms with Crippen LogP contribution in [-0.2, 0) is 0 Å². The third-order valence-electron chi connectivity index (χ3n) is 2.06. The van der Waals surface area contributed by atoms with Crippen LogP contribution >= 0.6 is 15.9 Å². The van der Waals surface area contributed by atoms with Crippen LogP contribution in [0.2, 0.25) is 0 Å². The number of rotatable bonds is 3. The molecule has 0 saturated heterocycles. The second kappa shape index (κ2) is 5.28. The molecule has 0 aliphatic heterocycles. The average Bonchev–Trinajstić information content (AvgIpc) is 2.32. The fourth-order valence-electron chi connectivity index (χ4n) is 1.16. The van der Waals surface area contributed by atoms with Crippen LogP contribution in [0, 0.1) is 29.1 Å². The number of hydrogen-bond donors (Lipinski definition) is 2. The van der Waals surface area contributed by atoms with Gasteiger partial charge in [0.15, 0.2) is 23.3 Å². The van der Waals surface area contributed by atoms with Crippen molar-refractivity contribution in [3.8, 4) is 0 Å². The van der Waals surface area contributed by atoms with Gasteiger partial charge in [-0.1, -0.05) is 15.9 Å². The Kier molecular flexibility index (Phi) is 4.45. The summed E-state index contributed by atoms with van der Waals surface area (Å²) in [6.45, 7) is 0. The lowest BCUT2D eigenvalue weighted by atomic mass is 10.0. The van der Waals surface area contributed by atoms with Gasteiger partial charge in [0.05, 0.1) is 11.7 Å². The number of aliphatic hydroxyl groups is 2. The van der Waals surface area contributed by atoms with Crippen molar-refractivity contribution in [3.05, 3.63) is 34.6 Å². The van der Waals surface area contributed by atoms with E-state index >= 15 is 0 Å². The predicted octanol–water partition coefficient (Wildman–Crippen LogP) is 2.17. The Balaban J connectivity index is 3.44. The molecule has 0 saturated carbocycles. The van der Waals surface area contributed by atoms with Crippen molar-refractivity contribution in [3.63, 3.8) is 0 Å². The summed E-state index contributed by atoms with van der Waals surface area (Å²) in [7, 11) is 0. The molecule has 1 aromatic carbocycles. The molecular formula is C9H6BrF5O2. The van der Waals surface area contributed by atoms with Crippen molar-refractivity contribution in [1.82, 2.24) is 0 Å². The zero-order valence-corrected chi connectivity index (χ0v) is 9.61. The van der Waals surface area contributed by atoms with Gasteiger partial charge >= 0.3 is 0 Å². The Morgan fingerprint density at radius 2 is 1.18 bits per heavy atom. The third-order valence-corrected chi connectivity index (χ3v) is 2.73. The molecule has 1 aromatic rings. The molecular weight excluding hydrogens is 315 g/mol. The molecule has 0 fully saturated rings. The molecule has 2 nitrogen and oxygen atoms in total. The summed E-state index contributed by atoms with van der Waals surface area (Å²) in [5, 5.41) is 18.1. The monoisotopic (exact) mass is 320 g/mol. The zero-order valence-electron chi connectivity index (χ0n) is 8.02.